The maximum Gasteiger partial charge on any atom is 0.252 e. The monoisotopic (exact) mass is 494 g/mol. The van der Waals surface area contributed by atoms with Crippen molar-refractivity contribution in [2.45, 2.75) is 24.9 Å². The molecule has 4 aromatic rings. The quantitative estimate of drug-likeness (QED) is 0.435. The Balaban J connectivity index is 1.48. The summed E-state index contributed by atoms with van der Waals surface area (Å²) in [4.78, 5) is 22.2. The number of hydrogen-bond donors (Lipinski definition) is 1. The van der Waals surface area contributed by atoms with Crippen molar-refractivity contribution in [3.05, 3.63) is 93.5 Å². The van der Waals surface area contributed by atoms with Crippen molar-refractivity contribution in [3.8, 4) is 11.3 Å². The molecule has 5 rings (SSSR count). The third kappa shape index (κ3) is 5.11. The van der Waals surface area contributed by atoms with Crippen molar-refractivity contribution in [3.63, 3.8) is 0 Å². The highest BCUT2D eigenvalue weighted by molar-refractivity contribution is 6.30. The van der Waals surface area contributed by atoms with E-state index in [1.807, 2.05) is 6.07 Å². The Bertz CT molecular complexity index is 1400. The lowest BCUT2D eigenvalue weighted by atomic mass is 10.0. The van der Waals surface area contributed by atoms with Gasteiger partial charge in [-0.1, -0.05) is 17.7 Å². The van der Waals surface area contributed by atoms with E-state index in [0.29, 0.717) is 36.0 Å². The van der Waals surface area contributed by atoms with Gasteiger partial charge in [-0.2, -0.15) is 5.10 Å². The van der Waals surface area contributed by atoms with Gasteiger partial charge in [-0.15, -0.1) is 0 Å². The molecule has 180 valence electrons. The molecule has 1 fully saturated rings. The van der Waals surface area contributed by atoms with Gasteiger partial charge in [0.1, 0.15) is 5.82 Å². The van der Waals surface area contributed by atoms with E-state index in [2.05, 4.69) is 20.4 Å². The van der Waals surface area contributed by atoms with Crippen LogP contribution < -0.4 is 10.9 Å². The van der Waals surface area contributed by atoms with E-state index < -0.39 is 11.9 Å². The van der Waals surface area contributed by atoms with Crippen LogP contribution in [0.3, 0.4) is 0 Å². The summed E-state index contributed by atoms with van der Waals surface area (Å²) in [5.41, 5.74) is 2.36. The average Bonchev–Trinajstić information content (AvgIpc) is 3.29. The maximum atomic E-state index is 14.3. The molecule has 0 aliphatic carbocycles. The van der Waals surface area contributed by atoms with Crippen molar-refractivity contribution in [1.82, 2.24) is 24.3 Å². The van der Waals surface area contributed by atoms with Crippen molar-refractivity contribution >= 4 is 17.5 Å². The lowest BCUT2D eigenvalue weighted by Crippen LogP contribution is -2.28. The number of hydrogen-bond acceptors (Lipinski definition) is 6. The number of anilines is 1. The van der Waals surface area contributed by atoms with Crippen LogP contribution in [0.15, 0.2) is 66.0 Å². The van der Waals surface area contributed by atoms with Crippen LogP contribution in [0.2, 0.25) is 5.02 Å². The molecule has 8 nitrogen and oxygen atoms in total. The molecule has 0 amide bonds. The van der Waals surface area contributed by atoms with Crippen LogP contribution in [0, 0.1) is 5.82 Å². The molecule has 1 aliphatic rings. The molecular formula is C25H24ClFN6O2. The summed E-state index contributed by atoms with van der Waals surface area (Å²) in [6.45, 7) is 1.43. The first kappa shape index (κ1) is 23.2. The van der Waals surface area contributed by atoms with Crippen molar-refractivity contribution in [1.29, 1.82) is 0 Å². The highest BCUT2D eigenvalue weighted by Gasteiger charge is 2.21. The fourth-order valence-corrected chi connectivity index (χ4v) is 4.37. The van der Waals surface area contributed by atoms with E-state index in [-0.39, 0.29) is 16.6 Å². The Labute approximate surface area is 206 Å². The molecule has 1 aromatic carbocycles. The third-order valence-electron chi connectivity index (χ3n) is 6.03. The van der Waals surface area contributed by atoms with Gasteiger partial charge in [0, 0.05) is 62.1 Å². The first-order valence-electron chi connectivity index (χ1n) is 11.3. The second-order valence-corrected chi connectivity index (χ2v) is 8.89. The highest BCUT2D eigenvalue weighted by Crippen LogP contribution is 2.28. The van der Waals surface area contributed by atoms with Gasteiger partial charge in [0.25, 0.3) is 5.56 Å². The Morgan fingerprint density at radius 1 is 1.17 bits per heavy atom. The van der Waals surface area contributed by atoms with Gasteiger partial charge < -0.3 is 14.6 Å². The van der Waals surface area contributed by atoms with Gasteiger partial charge >= 0.3 is 0 Å². The van der Waals surface area contributed by atoms with E-state index in [1.54, 1.807) is 53.2 Å². The third-order valence-corrected chi connectivity index (χ3v) is 6.34. The minimum Gasteiger partial charge on any atom is -0.381 e. The Kier molecular flexibility index (Phi) is 6.61. The van der Waals surface area contributed by atoms with Crippen molar-refractivity contribution in [2.75, 3.05) is 18.5 Å². The zero-order chi connectivity index (χ0) is 24.4. The van der Waals surface area contributed by atoms with Crippen LogP contribution in [-0.4, -0.2) is 43.6 Å². The van der Waals surface area contributed by atoms with Crippen LogP contribution >= 0.6 is 11.6 Å². The van der Waals surface area contributed by atoms with E-state index in [0.717, 1.165) is 18.4 Å². The first-order chi connectivity index (χ1) is 17.0. The number of rotatable bonds is 6. The second kappa shape index (κ2) is 9.97. The molecule has 10 heteroatoms. The van der Waals surface area contributed by atoms with Crippen LogP contribution in [0.5, 0.6) is 0 Å². The Morgan fingerprint density at radius 2 is 2.00 bits per heavy atom. The summed E-state index contributed by atoms with van der Waals surface area (Å²) in [7, 11) is 1.79. The summed E-state index contributed by atoms with van der Waals surface area (Å²) in [5.74, 6) is -0.0308. The second-order valence-electron chi connectivity index (χ2n) is 8.48. The van der Waals surface area contributed by atoms with Crippen LogP contribution in [0.1, 0.15) is 30.0 Å². The minimum atomic E-state index is -0.576. The molecule has 4 heterocycles. The number of ether oxygens (including phenoxy) is 1. The van der Waals surface area contributed by atoms with Gasteiger partial charge in [-0.25, -0.2) is 14.4 Å². The zero-order valence-electron chi connectivity index (χ0n) is 19.1. The van der Waals surface area contributed by atoms with E-state index >= 15 is 0 Å². The summed E-state index contributed by atoms with van der Waals surface area (Å²) in [6, 6.07) is 9.33. The van der Waals surface area contributed by atoms with E-state index in [4.69, 9.17) is 16.3 Å². The van der Waals surface area contributed by atoms with Gasteiger partial charge in [-0.05, 0) is 42.7 Å². The van der Waals surface area contributed by atoms with Crippen molar-refractivity contribution < 1.29 is 9.13 Å². The van der Waals surface area contributed by atoms with E-state index in [9.17, 15) is 9.18 Å². The smallest absolute Gasteiger partial charge is 0.252 e. The summed E-state index contributed by atoms with van der Waals surface area (Å²) >= 11 is 5.89. The highest BCUT2D eigenvalue weighted by atomic mass is 35.5. The van der Waals surface area contributed by atoms with Gasteiger partial charge in [0.15, 0.2) is 0 Å². The number of aryl methyl sites for hydroxylation is 1. The number of nitrogens with one attached hydrogen (secondary N) is 1. The lowest BCUT2D eigenvalue weighted by molar-refractivity contribution is 0.0903. The first-order valence-corrected chi connectivity index (χ1v) is 11.7. The SMILES string of the molecule is Cn1cc([C@H](c2ccc(Cl)c(F)c2)n2ccc(-c3ccnc(NC4CCOCC4)n3)cc2=O)cn1. The van der Waals surface area contributed by atoms with Gasteiger partial charge in [0.05, 0.1) is 23.0 Å². The predicted octanol–water partition coefficient (Wildman–Crippen LogP) is 4.06. The molecule has 1 aliphatic heterocycles. The molecule has 0 radical (unpaired) electrons. The lowest BCUT2D eigenvalue weighted by Gasteiger charge is -2.23. The fraction of sp³-hybridized carbons (Fsp3) is 0.280. The molecule has 1 N–H and O–H groups in total. The molecule has 1 saturated heterocycles. The topological polar surface area (TPSA) is 86.9 Å². The standard InChI is InChI=1S/C25H24ClFN6O2/c1-32-15-18(14-29-32)24(17-2-3-20(26)21(27)12-17)33-9-5-16(13-23(33)34)22-4-8-28-25(31-22)30-19-6-10-35-11-7-19/h2-5,8-9,12-15,19,24H,6-7,10-11H2,1H3,(H,28,30,31)/t24-/m0/s1. The molecule has 0 unspecified atom stereocenters. The molecule has 3 aromatic heterocycles. The van der Waals surface area contributed by atoms with Crippen molar-refractivity contribution in [2.24, 2.45) is 7.05 Å². The Hall–Kier alpha value is -3.56. The number of pyridine rings is 1. The minimum absolute atomic E-state index is 0.0234. The molecule has 0 spiro atoms. The molecule has 0 bridgehead atoms. The predicted molar refractivity (Wildman–Crippen MR) is 131 cm³/mol. The summed E-state index contributed by atoms with van der Waals surface area (Å²) in [6.07, 6.45) is 8.61. The average molecular weight is 495 g/mol. The fourth-order valence-electron chi connectivity index (χ4n) is 4.25. The normalized spacial score (nSPS) is 15.2. The van der Waals surface area contributed by atoms with Gasteiger partial charge in [0.2, 0.25) is 5.95 Å². The van der Waals surface area contributed by atoms with Crippen LogP contribution in [-0.2, 0) is 11.8 Å². The van der Waals surface area contributed by atoms with Crippen LogP contribution in [0.25, 0.3) is 11.3 Å². The molecule has 35 heavy (non-hydrogen) atoms. The number of benzene rings is 1. The number of halogens is 2. The number of nitrogens with zero attached hydrogens (tertiary/aromatic N) is 5. The molecular weight excluding hydrogens is 471 g/mol. The largest absolute Gasteiger partial charge is 0.381 e. The summed E-state index contributed by atoms with van der Waals surface area (Å²) < 4.78 is 22.9. The Morgan fingerprint density at radius 3 is 2.71 bits per heavy atom. The zero-order valence-corrected chi connectivity index (χ0v) is 19.8. The maximum absolute atomic E-state index is 14.3. The van der Waals surface area contributed by atoms with Gasteiger partial charge in [-0.3, -0.25) is 9.48 Å². The summed E-state index contributed by atoms with van der Waals surface area (Å²) in [5, 5.41) is 7.60. The van der Waals surface area contributed by atoms with E-state index in [1.165, 1.54) is 18.2 Å². The molecule has 1 atom stereocenters. The van der Waals surface area contributed by atoms with Crippen LogP contribution in [0.4, 0.5) is 10.3 Å². The number of aromatic nitrogens is 5. The molecule has 0 saturated carbocycles.